The number of allylic oxidation sites excluding steroid dienone is 3. The lowest BCUT2D eigenvalue weighted by atomic mass is 10.1. The maximum atomic E-state index is 4.06. The molecular formula is C17H28N2. The smallest absolute Gasteiger partial charge is 0.0352 e. The van der Waals surface area contributed by atoms with Gasteiger partial charge in [0.25, 0.3) is 0 Å². The highest BCUT2D eigenvalue weighted by Gasteiger charge is 2.19. The molecule has 0 bridgehead atoms. The predicted molar refractivity (Wildman–Crippen MR) is 84.8 cm³/mol. The van der Waals surface area contributed by atoms with Crippen LogP contribution in [0.4, 0.5) is 0 Å². The summed E-state index contributed by atoms with van der Waals surface area (Å²) in [5.41, 5.74) is 4.54. The van der Waals surface area contributed by atoms with Crippen LogP contribution >= 0.6 is 0 Å². The molecule has 0 spiro atoms. The quantitative estimate of drug-likeness (QED) is 0.730. The maximum absolute atomic E-state index is 4.06. The Labute approximate surface area is 118 Å². The largest absolute Gasteiger partial charge is 0.385 e. The van der Waals surface area contributed by atoms with Gasteiger partial charge in [0.15, 0.2) is 0 Å². The zero-order valence-electron chi connectivity index (χ0n) is 12.9. The van der Waals surface area contributed by atoms with E-state index in [1.54, 1.807) is 0 Å². The Kier molecular flexibility index (Phi) is 5.94. The molecule has 1 heterocycles. The Morgan fingerprint density at radius 2 is 2.00 bits per heavy atom. The van der Waals surface area contributed by atoms with E-state index >= 15 is 0 Å². The third-order valence-electron chi connectivity index (χ3n) is 3.50. The molecule has 1 fully saturated rings. The summed E-state index contributed by atoms with van der Waals surface area (Å²) < 4.78 is 0. The molecule has 0 aromatic rings. The summed E-state index contributed by atoms with van der Waals surface area (Å²) in [7, 11) is 0. The number of rotatable bonds is 6. The van der Waals surface area contributed by atoms with E-state index < -0.39 is 0 Å². The summed E-state index contributed by atoms with van der Waals surface area (Å²) in [5, 5.41) is 3.20. The standard InChI is InChI=1S/C17H28N2/c1-7-18-16(6)15(5)8-9-17(13(2)3)19-11-10-14(4)12-19/h8-9,14,18H,5-7,10-12H2,1-4H3/b9-8-. The molecule has 1 aliphatic rings. The predicted octanol–water partition coefficient (Wildman–Crippen LogP) is 3.86. The normalized spacial score (nSPS) is 18.7. The van der Waals surface area contributed by atoms with Crippen molar-refractivity contribution in [1.29, 1.82) is 0 Å². The first-order valence-electron chi connectivity index (χ1n) is 7.18. The van der Waals surface area contributed by atoms with E-state index in [-0.39, 0.29) is 0 Å². The van der Waals surface area contributed by atoms with Gasteiger partial charge in [0.1, 0.15) is 0 Å². The lowest BCUT2D eigenvalue weighted by Gasteiger charge is -2.21. The molecule has 0 saturated carbocycles. The molecule has 0 amide bonds. The van der Waals surface area contributed by atoms with Crippen molar-refractivity contribution in [2.45, 2.75) is 34.1 Å². The van der Waals surface area contributed by atoms with Crippen LogP contribution in [0.1, 0.15) is 34.1 Å². The second-order valence-electron chi connectivity index (χ2n) is 5.59. The zero-order valence-corrected chi connectivity index (χ0v) is 12.9. The fourth-order valence-corrected chi connectivity index (χ4v) is 2.35. The summed E-state index contributed by atoms with van der Waals surface area (Å²) in [6.07, 6.45) is 5.53. The molecule has 1 N–H and O–H groups in total. The summed E-state index contributed by atoms with van der Waals surface area (Å²) in [4.78, 5) is 2.47. The van der Waals surface area contributed by atoms with E-state index in [0.29, 0.717) is 0 Å². The molecule has 0 aliphatic carbocycles. The fourth-order valence-electron chi connectivity index (χ4n) is 2.35. The minimum atomic E-state index is 0.794. The highest BCUT2D eigenvalue weighted by molar-refractivity contribution is 5.38. The first-order chi connectivity index (χ1) is 8.95. The van der Waals surface area contributed by atoms with Crippen molar-refractivity contribution in [2.24, 2.45) is 5.92 Å². The Morgan fingerprint density at radius 1 is 1.32 bits per heavy atom. The molecule has 0 radical (unpaired) electrons. The molecule has 1 aliphatic heterocycles. The van der Waals surface area contributed by atoms with Gasteiger partial charge in [-0.2, -0.15) is 0 Å². The highest BCUT2D eigenvalue weighted by Crippen LogP contribution is 2.23. The lowest BCUT2D eigenvalue weighted by molar-refractivity contribution is 0.419. The second kappa shape index (κ2) is 7.22. The number of likely N-dealkylation sites (tertiary alicyclic amines) is 1. The van der Waals surface area contributed by atoms with Gasteiger partial charge in [-0.25, -0.2) is 0 Å². The average molecular weight is 260 g/mol. The van der Waals surface area contributed by atoms with Gasteiger partial charge in [0, 0.05) is 31.0 Å². The van der Waals surface area contributed by atoms with Crippen LogP contribution in [0, 0.1) is 5.92 Å². The third-order valence-corrected chi connectivity index (χ3v) is 3.50. The average Bonchev–Trinajstić information content (AvgIpc) is 2.75. The highest BCUT2D eigenvalue weighted by atomic mass is 15.2. The molecule has 2 heteroatoms. The molecule has 1 unspecified atom stereocenters. The Morgan fingerprint density at radius 3 is 2.47 bits per heavy atom. The van der Waals surface area contributed by atoms with E-state index in [2.05, 4.69) is 63.2 Å². The Hall–Kier alpha value is -1.44. The summed E-state index contributed by atoms with van der Waals surface area (Å²) in [5.74, 6) is 0.794. The number of hydrogen-bond donors (Lipinski definition) is 1. The molecule has 0 aromatic heterocycles. The van der Waals surface area contributed by atoms with E-state index in [4.69, 9.17) is 0 Å². The summed E-state index contributed by atoms with van der Waals surface area (Å²) in [6, 6.07) is 0. The third kappa shape index (κ3) is 4.62. The molecule has 0 aromatic carbocycles. The molecular weight excluding hydrogens is 232 g/mol. The summed E-state index contributed by atoms with van der Waals surface area (Å²) >= 11 is 0. The maximum Gasteiger partial charge on any atom is 0.0352 e. The van der Waals surface area contributed by atoms with Crippen molar-refractivity contribution in [1.82, 2.24) is 10.2 Å². The first-order valence-corrected chi connectivity index (χ1v) is 7.18. The molecule has 2 nitrogen and oxygen atoms in total. The van der Waals surface area contributed by atoms with E-state index in [1.807, 2.05) is 0 Å². The van der Waals surface area contributed by atoms with Gasteiger partial charge in [-0.15, -0.1) is 0 Å². The first kappa shape index (κ1) is 15.6. The van der Waals surface area contributed by atoms with Crippen molar-refractivity contribution >= 4 is 0 Å². The minimum absolute atomic E-state index is 0.794. The Bertz CT molecular complexity index is 397. The number of hydrogen-bond acceptors (Lipinski definition) is 2. The van der Waals surface area contributed by atoms with Gasteiger partial charge in [-0.05, 0) is 44.8 Å². The fraction of sp³-hybridized carbons (Fsp3) is 0.529. The SMILES string of the molecule is C=C(/C=C\C(=C(C)C)N1CCC(C)C1)C(=C)NCC. The van der Waals surface area contributed by atoms with Gasteiger partial charge in [0.2, 0.25) is 0 Å². The second-order valence-corrected chi connectivity index (χ2v) is 5.59. The van der Waals surface area contributed by atoms with Crippen molar-refractivity contribution in [3.8, 4) is 0 Å². The van der Waals surface area contributed by atoms with Crippen molar-refractivity contribution in [3.63, 3.8) is 0 Å². The van der Waals surface area contributed by atoms with Gasteiger partial charge in [-0.3, -0.25) is 0 Å². The van der Waals surface area contributed by atoms with Crippen molar-refractivity contribution in [3.05, 3.63) is 47.9 Å². The van der Waals surface area contributed by atoms with Crippen LogP contribution in [0.25, 0.3) is 0 Å². The van der Waals surface area contributed by atoms with E-state index in [1.165, 1.54) is 17.7 Å². The van der Waals surface area contributed by atoms with Gasteiger partial charge in [-0.1, -0.05) is 31.7 Å². The molecule has 1 rings (SSSR count). The zero-order chi connectivity index (χ0) is 14.4. The van der Waals surface area contributed by atoms with Crippen LogP contribution in [0.2, 0.25) is 0 Å². The lowest BCUT2D eigenvalue weighted by Crippen LogP contribution is -2.19. The topological polar surface area (TPSA) is 15.3 Å². The number of likely N-dealkylation sites (N-methyl/N-ethyl adjacent to an activating group) is 1. The summed E-state index contributed by atoms with van der Waals surface area (Å²) in [6.45, 7) is 20.0. The molecule has 19 heavy (non-hydrogen) atoms. The van der Waals surface area contributed by atoms with Crippen LogP contribution in [-0.2, 0) is 0 Å². The van der Waals surface area contributed by atoms with Gasteiger partial charge >= 0.3 is 0 Å². The number of nitrogens with one attached hydrogen (secondary N) is 1. The van der Waals surface area contributed by atoms with Gasteiger partial charge in [0.05, 0.1) is 0 Å². The van der Waals surface area contributed by atoms with Crippen LogP contribution in [-0.4, -0.2) is 24.5 Å². The van der Waals surface area contributed by atoms with Gasteiger partial charge < -0.3 is 10.2 Å². The monoisotopic (exact) mass is 260 g/mol. The van der Waals surface area contributed by atoms with Crippen LogP contribution < -0.4 is 5.32 Å². The number of nitrogens with zero attached hydrogens (tertiary/aromatic N) is 1. The minimum Gasteiger partial charge on any atom is -0.385 e. The van der Waals surface area contributed by atoms with E-state index in [9.17, 15) is 0 Å². The van der Waals surface area contributed by atoms with Crippen molar-refractivity contribution < 1.29 is 0 Å². The van der Waals surface area contributed by atoms with Crippen molar-refractivity contribution in [2.75, 3.05) is 19.6 Å². The molecule has 1 saturated heterocycles. The van der Waals surface area contributed by atoms with Crippen LogP contribution in [0.15, 0.2) is 47.9 Å². The molecule has 1 atom stereocenters. The van der Waals surface area contributed by atoms with E-state index in [0.717, 1.165) is 36.8 Å². The Balaban J connectivity index is 2.73. The van der Waals surface area contributed by atoms with Crippen LogP contribution in [0.5, 0.6) is 0 Å². The molecule has 106 valence electrons. The van der Waals surface area contributed by atoms with Crippen LogP contribution in [0.3, 0.4) is 0 Å².